The fraction of sp³-hybridized carbons (Fsp3) is 0.0714. The summed E-state index contributed by atoms with van der Waals surface area (Å²) in [6, 6.07) is 9.87. The van der Waals surface area contributed by atoms with Crippen molar-refractivity contribution in [2.75, 3.05) is 18.2 Å². The Hall–Kier alpha value is -3.07. The van der Waals surface area contributed by atoms with E-state index in [0.29, 0.717) is 22.7 Å². The molecule has 1 amide bonds. The number of amides is 1. The number of hydrogen-bond donors (Lipinski definition) is 2. The number of nitrogen functional groups attached to an aromatic ring is 1. The predicted octanol–water partition coefficient (Wildman–Crippen LogP) is 1.80. The van der Waals surface area contributed by atoms with Crippen molar-refractivity contribution in [3.05, 3.63) is 47.8 Å². The number of aromatic nitrogens is 1. The Balaban J connectivity index is 2.21. The van der Waals surface area contributed by atoms with Gasteiger partial charge in [0.1, 0.15) is 17.5 Å². The van der Waals surface area contributed by atoms with E-state index in [-0.39, 0.29) is 5.69 Å². The molecule has 0 atom stereocenters. The van der Waals surface area contributed by atoms with Gasteiger partial charge >= 0.3 is 0 Å². The van der Waals surface area contributed by atoms with Crippen LogP contribution < -0.4 is 15.8 Å². The first-order valence-electron chi connectivity index (χ1n) is 5.75. The number of hydrogen-bond acceptors (Lipinski definition) is 5. The van der Waals surface area contributed by atoms with Crippen molar-refractivity contribution in [1.29, 1.82) is 5.26 Å². The van der Waals surface area contributed by atoms with Gasteiger partial charge in [0, 0.05) is 18.0 Å². The second kappa shape index (κ2) is 5.71. The SMILES string of the molecule is COc1cc(N)ccc1NC(=O)c1ccc(C#N)cn1. The average Bonchev–Trinajstić information content (AvgIpc) is 2.49. The fourth-order valence-electron chi connectivity index (χ4n) is 1.59. The summed E-state index contributed by atoms with van der Waals surface area (Å²) in [5.41, 5.74) is 7.28. The number of ether oxygens (including phenoxy) is 1. The molecule has 0 fully saturated rings. The van der Waals surface area contributed by atoms with Crippen LogP contribution in [-0.2, 0) is 0 Å². The summed E-state index contributed by atoms with van der Waals surface area (Å²) in [5, 5.41) is 11.4. The first-order chi connectivity index (χ1) is 9.63. The highest BCUT2D eigenvalue weighted by molar-refractivity contribution is 6.03. The van der Waals surface area contributed by atoms with Gasteiger partial charge in [-0.05, 0) is 24.3 Å². The smallest absolute Gasteiger partial charge is 0.274 e. The maximum absolute atomic E-state index is 12.0. The van der Waals surface area contributed by atoms with Crippen LogP contribution in [0.3, 0.4) is 0 Å². The van der Waals surface area contributed by atoms with Crippen LogP contribution in [0.1, 0.15) is 16.1 Å². The van der Waals surface area contributed by atoms with Crippen LogP contribution in [0.4, 0.5) is 11.4 Å². The highest BCUT2D eigenvalue weighted by atomic mass is 16.5. The minimum absolute atomic E-state index is 0.211. The molecular weight excluding hydrogens is 256 g/mol. The predicted molar refractivity (Wildman–Crippen MR) is 74.3 cm³/mol. The van der Waals surface area contributed by atoms with E-state index in [0.717, 1.165) is 0 Å². The monoisotopic (exact) mass is 268 g/mol. The molecule has 0 bridgehead atoms. The van der Waals surface area contributed by atoms with Gasteiger partial charge in [0.15, 0.2) is 0 Å². The molecule has 0 radical (unpaired) electrons. The van der Waals surface area contributed by atoms with Crippen LogP contribution in [0, 0.1) is 11.3 Å². The Kier molecular flexibility index (Phi) is 3.82. The molecule has 0 saturated carbocycles. The molecule has 1 aromatic heterocycles. The average molecular weight is 268 g/mol. The van der Waals surface area contributed by atoms with Crippen LogP contribution in [0.2, 0.25) is 0 Å². The lowest BCUT2D eigenvalue weighted by Crippen LogP contribution is -2.14. The molecular formula is C14H12N4O2. The Morgan fingerprint density at radius 2 is 2.20 bits per heavy atom. The molecule has 100 valence electrons. The lowest BCUT2D eigenvalue weighted by atomic mass is 10.2. The zero-order valence-corrected chi connectivity index (χ0v) is 10.8. The molecule has 20 heavy (non-hydrogen) atoms. The number of nitriles is 1. The van der Waals surface area contributed by atoms with E-state index in [1.54, 1.807) is 18.2 Å². The highest BCUT2D eigenvalue weighted by Crippen LogP contribution is 2.26. The molecule has 0 unspecified atom stereocenters. The third kappa shape index (κ3) is 2.84. The topological polar surface area (TPSA) is 101 Å². The molecule has 0 aliphatic rings. The standard InChI is InChI=1S/C14H12N4O2/c1-20-13-6-10(16)3-5-11(13)18-14(19)12-4-2-9(7-15)8-17-12/h2-6,8H,16H2,1H3,(H,18,19). The van der Waals surface area contributed by atoms with Crippen molar-refractivity contribution >= 4 is 17.3 Å². The number of anilines is 2. The maximum Gasteiger partial charge on any atom is 0.274 e. The molecule has 6 nitrogen and oxygen atoms in total. The van der Waals surface area contributed by atoms with E-state index < -0.39 is 5.91 Å². The number of nitrogens with one attached hydrogen (secondary N) is 1. The second-order valence-corrected chi connectivity index (χ2v) is 3.96. The Bertz CT molecular complexity index is 675. The van der Waals surface area contributed by atoms with Gasteiger partial charge in [0.25, 0.3) is 5.91 Å². The normalized spacial score (nSPS) is 9.60. The number of methoxy groups -OCH3 is 1. The number of nitrogens with zero attached hydrogens (tertiary/aromatic N) is 2. The van der Waals surface area contributed by atoms with Crippen molar-refractivity contribution in [2.45, 2.75) is 0 Å². The van der Waals surface area contributed by atoms with Crippen LogP contribution >= 0.6 is 0 Å². The van der Waals surface area contributed by atoms with Gasteiger partial charge in [-0.3, -0.25) is 4.79 Å². The van der Waals surface area contributed by atoms with Gasteiger partial charge in [0.05, 0.1) is 18.4 Å². The number of pyridine rings is 1. The van der Waals surface area contributed by atoms with Crippen molar-refractivity contribution in [3.63, 3.8) is 0 Å². The van der Waals surface area contributed by atoms with E-state index in [9.17, 15) is 4.79 Å². The van der Waals surface area contributed by atoms with Gasteiger partial charge in [0.2, 0.25) is 0 Å². The molecule has 1 heterocycles. The summed E-state index contributed by atoms with van der Waals surface area (Å²) in [5.74, 6) is 0.0737. The number of carbonyl (C=O) groups excluding carboxylic acids is 1. The summed E-state index contributed by atoms with van der Waals surface area (Å²) >= 11 is 0. The molecule has 0 saturated heterocycles. The number of benzene rings is 1. The van der Waals surface area contributed by atoms with Gasteiger partial charge in [-0.25, -0.2) is 4.98 Å². The van der Waals surface area contributed by atoms with Crippen LogP contribution in [0.5, 0.6) is 5.75 Å². The van der Waals surface area contributed by atoms with Gasteiger partial charge in [-0.15, -0.1) is 0 Å². The summed E-state index contributed by atoms with van der Waals surface area (Å²) in [6.07, 6.45) is 1.34. The number of carbonyl (C=O) groups is 1. The minimum Gasteiger partial charge on any atom is -0.494 e. The molecule has 1 aromatic carbocycles. The first kappa shape index (κ1) is 13.4. The zero-order valence-electron chi connectivity index (χ0n) is 10.8. The lowest BCUT2D eigenvalue weighted by Gasteiger charge is -2.10. The molecule has 2 rings (SSSR count). The Morgan fingerprint density at radius 1 is 1.40 bits per heavy atom. The third-order valence-electron chi connectivity index (χ3n) is 2.60. The van der Waals surface area contributed by atoms with Gasteiger partial charge in [-0.1, -0.05) is 0 Å². The van der Waals surface area contributed by atoms with Crippen molar-refractivity contribution in [3.8, 4) is 11.8 Å². The number of nitrogens with two attached hydrogens (primary N) is 1. The molecule has 0 aliphatic carbocycles. The molecule has 2 aromatic rings. The van der Waals surface area contributed by atoms with Gasteiger partial charge in [-0.2, -0.15) is 5.26 Å². The first-order valence-corrected chi connectivity index (χ1v) is 5.75. The fourth-order valence-corrected chi connectivity index (χ4v) is 1.59. The molecule has 0 aliphatic heterocycles. The highest BCUT2D eigenvalue weighted by Gasteiger charge is 2.11. The summed E-state index contributed by atoms with van der Waals surface area (Å²) in [7, 11) is 1.49. The second-order valence-electron chi connectivity index (χ2n) is 3.96. The van der Waals surface area contributed by atoms with Crippen LogP contribution in [-0.4, -0.2) is 18.0 Å². The Labute approximate surface area is 115 Å². The molecule has 3 N–H and O–H groups in total. The molecule has 0 spiro atoms. The maximum atomic E-state index is 12.0. The summed E-state index contributed by atoms with van der Waals surface area (Å²) in [4.78, 5) is 15.9. The van der Waals surface area contributed by atoms with Gasteiger partial charge < -0.3 is 15.8 Å². The van der Waals surface area contributed by atoms with E-state index in [1.807, 2.05) is 6.07 Å². The number of rotatable bonds is 3. The minimum atomic E-state index is -0.391. The summed E-state index contributed by atoms with van der Waals surface area (Å²) in [6.45, 7) is 0. The summed E-state index contributed by atoms with van der Waals surface area (Å²) < 4.78 is 5.14. The van der Waals surface area contributed by atoms with Crippen LogP contribution in [0.25, 0.3) is 0 Å². The Morgan fingerprint density at radius 3 is 2.80 bits per heavy atom. The zero-order chi connectivity index (χ0) is 14.5. The van der Waals surface area contributed by atoms with Crippen LogP contribution in [0.15, 0.2) is 36.5 Å². The van der Waals surface area contributed by atoms with Crippen molar-refractivity contribution in [1.82, 2.24) is 4.98 Å². The van der Waals surface area contributed by atoms with E-state index in [4.69, 9.17) is 15.7 Å². The third-order valence-corrected chi connectivity index (χ3v) is 2.60. The largest absolute Gasteiger partial charge is 0.494 e. The van der Waals surface area contributed by atoms with E-state index in [1.165, 1.54) is 25.4 Å². The molecule has 6 heteroatoms. The van der Waals surface area contributed by atoms with E-state index >= 15 is 0 Å². The van der Waals surface area contributed by atoms with Crippen molar-refractivity contribution < 1.29 is 9.53 Å². The quantitative estimate of drug-likeness (QED) is 0.826. The lowest BCUT2D eigenvalue weighted by molar-refractivity contribution is 0.102. The van der Waals surface area contributed by atoms with E-state index in [2.05, 4.69) is 10.3 Å². The van der Waals surface area contributed by atoms with Crippen molar-refractivity contribution in [2.24, 2.45) is 0 Å².